The third-order valence-electron chi connectivity index (χ3n) is 5.76. The Morgan fingerprint density at radius 1 is 1.06 bits per heavy atom. The van der Waals surface area contributed by atoms with E-state index < -0.39 is 11.7 Å². The van der Waals surface area contributed by atoms with E-state index in [1.54, 1.807) is 24.3 Å². The molecule has 2 aliphatic rings. The quantitative estimate of drug-likeness (QED) is 0.338. The molecule has 180 valence electrons. The number of carbonyl (C=O) groups is 3. The molecule has 2 aromatic carbocycles. The molecule has 0 atom stereocenters. The van der Waals surface area contributed by atoms with Crippen molar-refractivity contribution in [1.29, 1.82) is 0 Å². The Morgan fingerprint density at radius 3 is 2.59 bits per heavy atom. The van der Waals surface area contributed by atoms with Gasteiger partial charge in [0.25, 0.3) is 11.7 Å². The molecule has 1 spiro atoms. The highest BCUT2D eigenvalue weighted by Crippen LogP contribution is 2.46. The summed E-state index contributed by atoms with van der Waals surface area (Å²) in [5, 5.41) is 5.65. The molecule has 9 nitrogen and oxygen atoms in total. The van der Waals surface area contributed by atoms with Crippen LogP contribution in [0, 0.1) is 0 Å². The van der Waals surface area contributed by atoms with Gasteiger partial charge in [0.1, 0.15) is 6.54 Å². The fraction of sp³-hybridized carbons (Fsp3) is 0.375. The van der Waals surface area contributed by atoms with E-state index in [0.29, 0.717) is 55.2 Å². The number of hydrogen-bond acceptors (Lipinski definition) is 6. The Balaban J connectivity index is 1.20. The summed E-state index contributed by atoms with van der Waals surface area (Å²) in [4.78, 5) is 39.1. The van der Waals surface area contributed by atoms with Crippen LogP contribution in [-0.4, -0.2) is 44.0 Å². The molecule has 10 heteroatoms. The maximum atomic E-state index is 13.1. The average molecular weight is 531 g/mol. The highest BCUT2D eigenvalue weighted by atomic mass is 79.9. The second-order valence-corrected chi connectivity index (χ2v) is 9.08. The highest BCUT2D eigenvalue weighted by molar-refractivity contribution is 9.10. The van der Waals surface area contributed by atoms with Gasteiger partial charge in [-0.25, -0.2) is 0 Å². The molecular weight excluding hydrogens is 504 g/mol. The lowest BCUT2D eigenvalue weighted by atomic mass is 10.1. The number of amides is 3. The van der Waals surface area contributed by atoms with Gasteiger partial charge in [-0.3, -0.25) is 19.3 Å². The summed E-state index contributed by atoms with van der Waals surface area (Å²) in [6.45, 7) is 0.964. The topological polar surface area (TPSA) is 123 Å². The first-order chi connectivity index (χ1) is 16.4. The van der Waals surface area contributed by atoms with E-state index in [1.807, 2.05) is 18.2 Å². The minimum Gasteiger partial charge on any atom is -0.397 e. The van der Waals surface area contributed by atoms with Gasteiger partial charge < -0.3 is 25.8 Å². The number of nitrogens with one attached hydrogen (secondary N) is 2. The summed E-state index contributed by atoms with van der Waals surface area (Å²) in [7, 11) is 0. The number of carbonyl (C=O) groups excluding carboxylic acids is 3. The van der Waals surface area contributed by atoms with Gasteiger partial charge in [-0.15, -0.1) is 0 Å². The van der Waals surface area contributed by atoms with E-state index in [9.17, 15) is 14.4 Å². The predicted octanol–water partition coefficient (Wildman–Crippen LogP) is 2.89. The Bertz CT molecular complexity index is 1090. The minimum atomic E-state index is -1.47. The van der Waals surface area contributed by atoms with Crippen LogP contribution in [0.15, 0.2) is 46.9 Å². The zero-order chi connectivity index (χ0) is 24.1. The van der Waals surface area contributed by atoms with Gasteiger partial charge in [0.05, 0.1) is 30.3 Å². The van der Waals surface area contributed by atoms with Crippen LogP contribution in [0.3, 0.4) is 0 Å². The number of halogens is 1. The van der Waals surface area contributed by atoms with E-state index >= 15 is 0 Å². The lowest BCUT2D eigenvalue weighted by molar-refractivity contribution is -0.180. The Hall–Kier alpha value is -2.95. The molecule has 2 aliphatic heterocycles. The van der Waals surface area contributed by atoms with Crippen molar-refractivity contribution in [3.8, 4) is 0 Å². The molecule has 4 rings (SSSR count). The molecule has 0 bridgehead atoms. The number of hydrogen-bond donors (Lipinski definition) is 3. The first-order valence-electron chi connectivity index (χ1n) is 11.2. The van der Waals surface area contributed by atoms with Crippen LogP contribution >= 0.6 is 15.9 Å². The highest BCUT2D eigenvalue weighted by Gasteiger charge is 2.56. The van der Waals surface area contributed by atoms with Gasteiger partial charge in [-0.2, -0.15) is 0 Å². The van der Waals surface area contributed by atoms with Crippen molar-refractivity contribution < 1.29 is 23.9 Å². The molecule has 2 heterocycles. The molecule has 0 aromatic heterocycles. The van der Waals surface area contributed by atoms with E-state index in [2.05, 4.69) is 26.6 Å². The third kappa shape index (κ3) is 5.08. The van der Waals surface area contributed by atoms with Crippen LogP contribution in [0.2, 0.25) is 0 Å². The predicted molar refractivity (Wildman–Crippen MR) is 131 cm³/mol. The average Bonchev–Trinajstić information content (AvgIpc) is 3.39. The van der Waals surface area contributed by atoms with Crippen LogP contribution in [0.4, 0.5) is 17.1 Å². The lowest BCUT2D eigenvalue weighted by Gasteiger charge is -2.21. The normalized spacial score (nSPS) is 16.0. The molecule has 3 amide bonds. The molecule has 0 radical (unpaired) electrons. The van der Waals surface area contributed by atoms with Gasteiger partial charge >= 0.3 is 0 Å². The van der Waals surface area contributed by atoms with Crippen LogP contribution in [0.25, 0.3) is 0 Å². The van der Waals surface area contributed by atoms with Crippen LogP contribution in [0.1, 0.15) is 31.2 Å². The number of benzene rings is 2. The van der Waals surface area contributed by atoms with Crippen LogP contribution < -0.4 is 21.3 Å². The van der Waals surface area contributed by atoms with Crippen LogP contribution in [0.5, 0.6) is 0 Å². The summed E-state index contributed by atoms with van der Waals surface area (Å²) in [6, 6.07) is 12.5. The smallest absolute Gasteiger partial charge is 0.293 e. The van der Waals surface area contributed by atoms with E-state index in [4.69, 9.17) is 15.2 Å². The fourth-order valence-electron chi connectivity index (χ4n) is 4.10. The van der Waals surface area contributed by atoms with E-state index in [-0.39, 0.29) is 18.4 Å². The molecule has 2 aromatic rings. The molecule has 0 unspecified atom stereocenters. The van der Waals surface area contributed by atoms with Gasteiger partial charge in [0, 0.05) is 23.0 Å². The maximum absolute atomic E-state index is 13.1. The number of anilines is 3. The number of nitrogens with two attached hydrogens (primary N) is 1. The van der Waals surface area contributed by atoms with Crippen molar-refractivity contribution >= 4 is 50.7 Å². The van der Waals surface area contributed by atoms with Gasteiger partial charge in [-0.05, 0) is 43.2 Å². The Kier molecular flexibility index (Phi) is 7.50. The van der Waals surface area contributed by atoms with Gasteiger partial charge in [0.2, 0.25) is 11.8 Å². The zero-order valence-corrected chi connectivity index (χ0v) is 20.2. The third-order valence-corrected chi connectivity index (χ3v) is 6.26. The fourth-order valence-corrected chi connectivity index (χ4v) is 4.46. The second kappa shape index (κ2) is 10.5. The molecular formula is C24H27BrN4O5. The summed E-state index contributed by atoms with van der Waals surface area (Å²) in [5.74, 6) is -2.22. The van der Waals surface area contributed by atoms with Crippen LogP contribution in [-0.2, 0) is 29.6 Å². The molecule has 1 fully saturated rings. The standard InChI is InChI=1S/C24H27BrN4O5/c25-16-9-10-20-17(14-16)24(33-12-13-34-24)23(32)29(20)15-22(31)27-11-5-1-2-8-21(30)28-19-7-4-3-6-18(19)26/h3-4,6-7,9-10,14H,1-2,5,8,11-13,15,26H2,(H,27,31)(H,28,30). The number of para-hydroxylation sites is 2. The first-order valence-corrected chi connectivity index (χ1v) is 12.0. The molecule has 34 heavy (non-hydrogen) atoms. The Morgan fingerprint density at radius 2 is 1.82 bits per heavy atom. The van der Waals surface area contributed by atoms with Crippen molar-refractivity contribution in [3.05, 3.63) is 52.5 Å². The van der Waals surface area contributed by atoms with Crippen molar-refractivity contribution in [3.63, 3.8) is 0 Å². The van der Waals surface area contributed by atoms with Crippen molar-refractivity contribution in [2.75, 3.05) is 42.3 Å². The molecule has 1 saturated heterocycles. The monoisotopic (exact) mass is 530 g/mol. The number of rotatable bonds is 9. The number of nitrogen functional groups attached to an aromatic ring is 1. The number of ether oxygens (including phenoxy) is 2. The van der Waals surface area contributed by atoms with Gasteiger partial charge in [-0.1, -0.05) is 34.5 Å². The van der Waals surface area contributed by atoms with Crippen molar-refractivity contribution in [2.45, 2.75) is 31.5 Å². The number of nitrogens with zero attached hydrogens (tertiary/aromatic N) is 1. The van der Waals surface area contributed by atoms with Crippen molar-refractivity contribution in [2.24, 2.45) is 0 Å². The maximum Gasteiger partial charge on any atom is 0.293 e. The largest absolute Gasteiger partial charge is 0.397 e. The van der Waals surface area contributed by atoms with E-state index in [1.165, 1.54) is 4.90 Å². The summed E-state index contributed by atoms with van der Waals surface area (Å²) >= 11 is 3.42. The first kappa shape index (κ1) is 24.2. The SMILES string of the molecule is Nc1ccccc1NC(=O)CCCCCNC(=O)CN1C(=O)C2(OCCO2)c2cc(Br)ccc21. The summed E-state index contributed by atoms with van der Waals surface area (Å²) in [6.07, 6.45) is 2.57. The summed E-state index contributed by atoms with van der Waals surface area (Å²) in [5.41, 5.74) is 8.18. The van der Waals surface area contributed by atoms with Crippen molar-refractivity contribution in [1.82, 2.24) is 5.32 Å². The van der Waals surface area contributed by atoms with Gasteiger partial charge in [0.15, 0.2) is 0 Å². The second-order valence-electron chi connectivity index (χ2n) is 8.16. The molecule has 4 N–H and O–H groups in total. The number of fused-ring (bicyclic) bond motifs is 2. The Labute approximate surface area is 206 Å². The van der Waals surface area contributed by atoms with E-state index in [0.717, 1.165) is 17.3 Å². The summed E-state index contributed by atoms with van der Waals surface area (Å²) < 4.78 is 12.2. The lowest BCUT2D eigenvalue weighted by Crippen LogP contribution is -2.45. The molecule has 0 aliphatic carbocycles. The number of unbranched alkanes of at least 4 members (excludes halogenated alkanes) is 2. The minimum absolute atomic E-state index is 0.0925. The zero-order valence-electron chi connectivity index (χ0n) is 18.6. The molecule has 0 saturated carbocycles.